The molecule has 0 amide bonds. The van der Waals surface area contributed by atoms with Gasteiger partial charge < -0.3 is 15.4 Å². The smallest absolute Gasteiger partial charge is 0.282 e. The third-order valence-corrected chi connectivity index (χ3v) is 6.41. The second kappa shape index (κ2) is 9.03. The fraction of sp³-hybridized carbons (Fsp3) is 0.192. The highest BCUT2D eigenvalue weighted by atomic mass is 16.3. The number of aromatic amines is 1. The molecule has 0 saturated heterocycles. The molecule has 1 aromatic carbocycles. The summed E-state index contributed by atoms with van der Waals surface area (Å²) in [6, 6.07) is 11.0. The predicted octanol–water partition coefficient (Wildman–Crippen LogP) is 3.09. The van der Waals surface area contributed by atoms with Gasteiger partial charge in [0.15, 0.2) is 5.82 Å². The van der Waals surface area contributed by atoms with Crippen LogP contribution in [-0.2, 0) is 6.54 Å². The maximum absolute atomic E-state index is 13.7. The van der Waals surface area contributed by atoms with E-state index in [2.05, 4.69) is 25.4 Å². The van der Waals surface area contributed by atoms with Gasteiger partial charge in [-0.05, 0) is 37.6 Å². The van der Waals surface area contributed by atoms with Crippen LogP contribution in [0.2, 0.25) is 0 Å². The quantitative estimate of drug-likeness (QED) is 0.310. The molecule has 6 rings (SSSR count). The van der Waals surface area contributed by atoms with Crippen molar-refractivity contribution in [1.29, 1.82) is 0 Å². The van der Waals surface area contributed by atoms with Crippen LogP contribution in [0, 0.1) is 6.92 Å². The molecule has 1 atom stereocenters. The zero-order valence-electron chi connectivity index (χ0n) is 20.3. The lowest BCUT2D eigenvalue weighted by Crippen LogP contribution is -2.29. The first-order chi connectivity index (χ1) is 18.0. The minimum absolute atomic E-state index is 0.00379. The van der Waals surface area contributed by atoms with Crippen LogP contribution >= 0.6 is 0 Å². The summed E-state index contributed by atoms with van der Waals surface area (Å²) < 4.78 is 4.97. The fourth-order valence-corrected chi connectivity index (χ4v) is 4.64. The lowest BCUT2D eigenvalue weighted by molar-refractivity contribution is 0.269. The normalized spacial score (nSPS) is 12.4. The van der Waals surface area contributed by atoms with Gasteiger partial charge in [-0.25, -0.2) is 14.5 Å². The first kappa shape index (κ1) is 22.7. The number of hydrogen-bond donors (Lipinski definition) is 3. The molecule has 1 unspecified atom stereocenters. The average Bonchev–Trinajstić information content (AvgIpc) is 3.64. The first-order valence-corrected chi connectivity index (χ1v) is 11.9. The molecule has 5 aromatic heterocycles. The second-order valence-electron chi connectivity index (χ2n) is 8.86. The molecule has 186 valence electrons. The molecule has 0 fully saturated rings. The summed E-state index contributed by atoms with van der Waals surface area (Å²) in [5.41, 5.74) is 4.41. The molecule has 0 aliphatic heterocycles. The molecule has 37 heavy (non-hydrogen) atoms. The molecule has 0 spiro atoms. The van der Waals surface area contributed by atoms with Crippen LogP contribution in [0.1, 0.15) is 24.4 Å². The zero-order chi connectivity index (χ0) is 25.5. The molecule has 11 nitrogen and oxygen atoms in total. The van der Waals surface area contributed by atoms with E-state index in [1.165, 1.54) is 6.33 Å². The van der Waals surface area contributed by atoms with Crippen molar-refractivity contribution in [2.24, 2.45) is 0 Å². The van der Waals surface area contributed by atoms with Crippen molar-refractivity contribution in [1.82, 2.24) is 38.9 Å². The summed E-state index contributed by atoms with van der Waals surface area (Å²) in [4.78, 5) is 25.8. The van der Waals surface area contributed by atoms with Crippen molar-refractivity contribution >= 4 is 22.4 Å². The lowest BCUT2D eigenvalue weighted by atomic mass is 10.1. The monoisotopic (exact) mass is 495 g/mol. The number of benzene rings is 1. The molecule has 0 bridgehead atoms. The summed E-state index contributed by atoms with van der Waals surface area (Å²) in [5.74, 6) is 1.14. The molecular formula is C26H25N9O2. The van der Waals surface area contributed by atoms with Crippen LogP contribution in [0.15, 0.2) is 72.3 Å². The summed E-state index contributed by atoms with van der Waals surface area (Å²) in [5, 5.41) is 22.7. The van der Waals surface area contributed by atoms with Gasteiger partial charge in [0.05, 0.1) is 36.5 Å². The van der Waals surface area contributed by atoms with Crippen molar-refractivity contribution in [3.8, 4) is 16.8 Å². The predicted molar refractivity (Wildman–Crippen MR) is 140 cm³/mol. The Labute approximate surface area is 211 Å². The number of hydrogen-bond acceptors (Lipinski definition) is 7. The van der Waals surface area contributed by atoms with Crippen molar-refractivity contribution in [2.75, 3.05) is 11.9 Å². The van der Waals surface area contributed by atoms with E-state index in [4.69, 9.17) is 5.10 Å². The maximum atomic E-state index is 13.7. The largest absolute Gasteiger partial charge is 0.394 e. The van der Waals surface area contributed by atoms with E-state index in [0.717, 1.165) is 27.8 Å². The van der Waals surface area contributed by atoms with Crippen LogP contribution in [-0.4, -0.2) is 50.6 Å². The Kier molecular flexibility index (Phi) is 5.53. The van der Waals surface area contributed by atoms with E-state index in [1.54, 1.807) is 26.2 Å². The van der Waals surface area contributed by atoms with Crippen molar-refractivity contribution in [3.63, 3.8) is 0 Å². The van der Waals surface area contributed by atoms with Gasteiger partial charge in [-0.3, -0.25) is 14.0 Å². The first-order valence-electron chi connectivity index (χ1n) is 11.9. The number of nitrogens with one attached hydrogen (secondary N) is 2. The number of aliphatic hydroxyl groups is 1. The molecule has 5 heterocycles. The third kappa shape index (κ3) is 3.85. The Morgan fingerprint density at radius 2 is 2.00 bits per heavy atom. The Hall–Kier alpha value is -4.77. The van der Waals surface area contributed by atoms with Crippen molar-refractivity contribution in [3.05, 3.63) is 89.3 Å². The van der Waals surface area contributed by atoms with E-state index in [0.29, 0.717) is 29.4 Å². The Morgan fingerprint density at radius 3 is 2.81 bits per heavy atom. The molecular weight excluding hydrogens is 470 g/mol. The summed E-state index contributed by atoms with van der Waals surface area (Å²) in [6.45, 7) is 4.26. The van der Waals surface area contributed by atoms with Gasteiger partial charge in [0.2, 0.25) is 0 Å². The van der Waals surface area contributed by atoms with Crippen LogP contribution in [0.5, 0.6) is 0 Å². The van der Waals surface area contributed by atoms with Gasteiger partial charge >= 0.3 is 0 Å². The van der Waals surface area contributed by atoms with Gasteiger partial charge in [-0.1, -0.05) is 18.2 Å². The standard InChI is InChI=1S/C26H25N9O2/c1-16-8-9-34-22(16)26(37)35(19-6-4-3-5-7-19)25(32-34)17(2)31-24-21-20(13-27-23(21)28-15-29-24)18-12-30-33(14-18)10-11-36/h3-9,12-15,17,36H,10-11H2,1-2H3,(H2,27,28,29,31). The molecule has 11 heteroatoms. The zero-order valence-corrected chi connectivity index (χ0v) is 20.3. The summed E-state index contributed by atoms with van der Waals surface area (Å²) >= 11 is 0. The SMILES string of the molecule is Cc1ccn2nc(C(C)Nc3ncnc4[nH]cc(-c5cnn(CCO)c5)c34)n(-c3ccccc3)c(=O)c12. The van der Waals surface area contributed by atoms with Gasteiger partial charge in [0, 0.05) is 29.7 Å². The summed E-state index contributed by atoms with van der Waals surface area (Å²) in [7, 11) is 0. The van der Waals surface area contributed by atoms with Gasteiger partial charge in [0.25, 0.3) is 5.56 Å². The van der Waals surface area contributed by atoms with Crippen molar-refractivity contribution < 1.29 is 5.11 Å². The maximum Gasteiger partial charge on any atom is 0.282 e. The number of aromatic nitrogens is 8. The minimum Gasteiger partial charge on any atom is -0.394 e. The number of H-pyrrole nitrogens is 1. The molecule has 0 saturated carbocycles. The Morgan fingerprint density at radius 1 is 1.16 bits per heavy atom. The number of fused-ring (bicyclic) bond motifs is 2. The fourth-order valence-electron chi connectivity index (χ4n) is 4.64. The Balaban J connectivity index is 1.47. The second-order valence-corrected chi connectivity index (χ2v) is 8.86. The molecule has 0 aliphatic rings. The summed E-state index contributed by atoms with van der Waals surface area (Å²) in [6.07, 6.45) is 8.77. The highest BCUT2D eigenvalue weighted by molar-refractivity contribution is 6.00. The minimum atomic E-state index is -0.391. The lowest BCUT2D eigenvalue weighted by Gasteiger charge is -2.20. The van der Waals surface area contributed by atoms with E-state index in [9.17, 15) is 9.90 Å². The molecule has 3 N–H and O–H groups in total. The van der Waals surface area contributed by atoms with E-state index in [-0.39, 0.29) is 12.2 Å². The number of anilines is 1. The van der Waals surface area contributed by atoms with Gasteiger partial charge in [-0.15, -0.1) is 0 Å². The Bertz CT molecular complexity index is 1780. The van der Waals surface area contributed by atoms with Gasteiger partial charge in [0.1, 0.15) is 23.3 Å². The molecule has 0 radical (unpaired) electrons. The third-order valence-electron chi connectivity index (χ3n) is 6.41. The number of nitrogens with zero attached hydrogens (tertiary/aromatic N) is 7. The van der Waals surface area contributed by atoms with Gasteiger partial charge in [-0.2, -0.15) is 10.2 Å². The van der Waals surface area contributed by atoms with Crippen molar-refractivity contribution in [2.45, 2.75) is 26.4 Å². The number of aliphatic hydroxyl groups excluding tert-OH is 1. The number of para-hydroxylation sites is 1. The highest BCUT2D eigenvalue weighted by Crippen LogP contribution is 2.33. The van der Waals surface area contributed by atoms with Crippen LogP contribution in [0.25, 0.3) is 33.4 Å². The molecule has 0 aliphatic carbocycles. The van der Waals surface area contributed by atoms with Crippen LogP contribution < -0.4 is 10.9 Å². The average molecular weight is 496 g/mol. The molecule has 6 aromatic rings. The highest BCUT2D eigenvalue weighted by Gasteiger charge is 2.22. The van der Waals surface area contributed by atoms with E-state index >= 15 is 0 Å². The van der Waals surface area contributed by atoms with Crippen LogP contribution in [0.3, 0.4) is 0 Å². The van der Waals surface area contributed by atoms with Crippen LogP contribution in [0.4, 0.5) is 5.82 Å². The van der Waals surface area contributed by atoms with E-state index < -0.39 is 6.04 Å². The van der Waals surface area contributed by atoms with E-state index in [1.807, 2.05) is 62.6 Å². The topological polar surface area (TPSA) is 131 Å². The number of aryl methyl sites for hydroxylation is 1. The number of rotatable bonds is 7.